The molecule has 128 valence electrons. The molecule has 4 aliphatic rings. The van der Waals surface area contributed by atoms with Crippen LogP contribution in [0.25, 0.3) is 0 Å². The van der Waals surface area contributed by atoms with E-state index in [0.29, 0.717) is 17.6 Å². The summed E-state index contributed by atoms with van der Waals surface area (Å²) in [5.74, 6) is 3.31. The number of aliphatic hydroxyl groups is 1. The lowest BCUT2D eigenvalue weighted by Gasteiger charge is -2.55. The molecule has 0 bridgehead atoms. The van der Waals surface area contributed by atoms with Gasteiger partial charge in [-0.05, 0) is 86.5 Å². The van der Waals surface area contributed by atoms with E-state index in [1.807, 2.05) is 6.08 Å². The van der Waals surface area contributed by atoms with Gasteiger partial charge in [-0.1, -0.05) is 25.8 Å². The highest BCUT2D eigenvalue weighted by Gasteiger charge is 2.61. The Bertz CT molecular complexity index is 536. The zero-order chi connectivity index (χ0) is 16.2. The summed E-state index contributed by atoms with van der Waals surface area (Å²) in [5, 5.41) is 11.3. The van der Waals surface area contributed by atoms with Gasteiger partial charge in [0.1, 0.15) is 0 Å². The summed E-state index contributed by atoms with van der Waals surface area (Å²) in [4.78, 5) is 11.8. The van der Waals surface area contributed by atoms with Gasteiger partial charge in [-0.25, -0.2) is 0 Å². The summed E-state index contributed by atoms with van der Waals surface area (Å²) in [7, 11) is 0. The number of carbonyl (C=O) groups is 1. The molecule has 4 aliphatic carbocycles. The number of ketones is 1. The SMILES string of the molecule is CCCC1(O)CCC2C3CCC4=CC(=O)CCC4C3CCC21C. The molecule has 0 amide bonds. The first kappa shape index (κ1) is 15.9. The lowest BCUT2D eigenvalue weighted by Crippen LogP contribution is -2.52. The molecule has 23 heavy (non-hydrogen) atoms. The van der Waals surface area contributed by atoms with Crippen LogP contribution in [0.5, 0.6) is 0 Å². The topological polar surface area (TPSA) is 37.3 Å². The summed E-state index contributed by atoms with van der Waals surface area (Å²) < 4.78 is 0. The molecule has 1 N–H and O–H groups in total. The third-order valence-electron chi connectivity index (χ3n) is 8.29. The minimum Gasteiger partial charge on any atom is -0.389 e. The summed E-state index contributed by atoms with van der Waals surface area (Å²) in [6, 6.07) is 0. The number of allylic oxidation sites excluding steroid dienone is 1. The highest BCUT2D eigenvalue weighted by molar-refractivity contribution is 5.91. The summed E-state index contributed by atoms with van der Waals surface area (Å²) in [5.41, 5.74) is 1.18. The molecule has 3 saturated carbocycles. The summed E-state index contributed by atoms with van der Waals surface area (Å²) >= 11 is 0. The van der Waals surface area contributed by atoms with E-state index in [1.54, 1.807) is 0 Å². The second kappa shape index (κ2) is 5.44. The summed E-state index contributed by atoms with van der Waals surface area (Å²) in [6.45, 7) is 4.60. The lowest BCUT2D eigenvalue weighted by molar-refractivity contribution is -0.123. The smallest absolute Gasteiger partial charge is 0.155 e. The molecular formula is C21H32O2. The van der Waals surface area contributed by atoms with Crippen LogP contribution in [-0.2, 0) is 4.79 Å². The van der Waals surface area contributed by atoms with Crippen molar-refractivity contribution in [1.29, 1.82) is 0 Å². The first-order valence-electron chi connectivity index (χ1n) is 9.94. The van der Waals surface area contributed by atoms with Gasteiger partial charge < -0.3 is 5.11 Å². The van der Waals surface area contributed by atoms with E-state index in [0.717, 1.165) is 50.4 Å². The van der Waals surface area contributed by atoms with Crippen molar-refractivity contribution >= 4 is 5.78 Å². The Hall–Kier alpha value is -0.630. The van der Waals surface area contributed by atoms with Gasteiger partial charge in [-0.2, -0.15) is 0 Å². The molecule has 0 aromatic heterocycles. The van der Waals surface area contributed by atoms with Gasteiger partial charge in [-0.3, -0.25) is 4.79 Å². The second-order valence-electron chi connectivity index (χ2n) is 9.08. The first-order valence-corrected chi connectivity index (χ1v) is 9.94. The number of hydrogen-bond donors (Lipinski definition) is 1. The van der Waals surface area contributed by atoms with Crippen LogP contribution in [0.2, 0.25) is 0 Å². The van der Waals surface area contributed by atoms with Crippen LogP contribution in [0.4, 0.5) is 0 Å². The van der Waals surface area contributed by atoms with Crippen LogP contribution in [-0.4, -0.2) is 16.5 Å². The Kier molecular flexibility index (Phi) is 3.75. The fourth-order valence-corrected chi connectivity index (χ4v) is 7.12. The van der Waals surface area contributed by atoms with E-state index in [1.165, 1.54) is 31.3 Å². The van der Waals surface area contributed by atoms with Gasteiger partial charge in [0.05, 0.1) is 5.60 Å². The average Bonchev–Trinajstić information content (AvgIpc) is 2.79. The van der Waals surface area contributed by atoms with E-state index in [4.69, 9.17) is 0 Å². The van der Waals surface area contributed by atoms with Gasteiger partial charge >= 0.3 is 0 Å². The quantitative estimate of drug-likeness (QED) is 0.804. The van der Waals surface area contributed by atoms with Gasteiger partial charge in [0.2, 0.25) is 0 Å². The van der Waals surface area contributed by atoms with Gasteiger partial charge in [0, 0.05) is 6.42 Å². The minimum absolute atomic E-state index is 0.135. The van der Waals surface area contributed by atoms with E-state index in [2.05, 4.69) is 13.8 Å². The number of hydrogen-bond acceptors (Lipinski definition) is 2. The van der Waals surface area contributed by atoms with E-state index in [9.17, 15) is 9.90 Å². The van der Waals surface area contributed by atoms with Crippen molar-refractivity contribution in [2.24, 2.45) is 29.1 Å². The van der Waals surface area contributed by atoms with Gasteiger partial charge in [-0.15, -0.1) is 0 Å². The van der Waals surface area contributed by atoms with E-state index >= 15 is 0 Å². The Labute approximate surface area is 140 Å². The van der Waals surface area contributed by atoms with Crippen molar-refractivity contribution in [2.75, 3.05) is 0 Å². The Morgan fingerprint density at radius 3 is 2.74 bits per heavy atom. The van der Waals surface area contributed by atoms with Gasteiger partial charge in [0.15, 0.2) is 5.78 Å². The van der Waals surface area contributed by atoms with E-state index in [-0.39, 0.29) is 5.41 Å². The lowest BCUT2D eigenvalue weighted by atomic mass is 9.50. The Balaban J connectivity index is 1.61. The zero-order valence-electron chi connectivity index (χ0n) is 14.8. The van der Waals surface area contributed by atoms with Crippen molar-refractivity contribution < 1.29 is 9.90 Å². The monoisotopic (exact) mass is 316 g/mol. The maximum Gasteiger partial charge on any atom is 0.155 e. The van der Waals surface area contributed by atoms with Crippen molar-refractivity contribution in [2.45, 2.75) is 83.7 Å². The third kappa shape index (κ3) is 2.20. The highest BCUT2D eigenvalue weighted by atomic mass is 16.3. The molecule has 2 nitrogen and oxygen atoms in total. The van der Waals surface area contributed by atoms with Crippen LogP contribution in [0, 0.1) is 29.1 Å². The van der Waals surface area contributed by atoms with Crippen molar-refractivity contribution in [3.8, 4) is 0 Å². The maximum atomic E-state index is 11.8. The molecule has 0 saturated heterocycles. The fourth-order valence-electron chi connectivity index (χ4n) is 7.12. The molecule has 0 heterocycles. The highest BCUT2D eigenvalue weighted by Crippen LogP contribution is 2.65. The molecule has 0 aromatic carbocycles. The van der Waals surface area contributed by atoms with Crippen LogP contribution in [0.3, 0.4) is 0 Å². The van der Waals surface area contributed by atoms with Crippen LogP contribution >= 0.6 is 0 Å². The predicted molar refractivity (Wildman–Crippen MR) is 92.0 cm³/mol. The summed E-state index contributed by atoms with van der Waals surface area (Å²) in [6.07, 6.45) is 13.0. The Morgan fingerprint density at radius 1 is 1.13 bits per heavy atom. The molecule has 4 rings (SSSR count). The van der Waals surface area contributed by atoms with Crippen molar-refractivity contribution in [3.05, 3.63) is 11.6 Å². The number of carbonyl (C=O) groups excluding carboxylic acids is 1. The molecular weight excluding hydrogens is 284 g/mol. The first-order chi connectivity index (χ1) is 11.0. The molecule has 3 fully saturated rings. The molecule has 0 aliphatic heterocycles. The largest absolute Gasteiger partial charge is 0.389 e. The molecule has 6 unspecified atom stereocenters. The van der Waals surface area contributed by atoms with Crippen molar-refractivity contribution in [1.82, 2.24) is 0 Å². The molecule has 0 aromatic rings. The average molecular weight is 316 g/mol. The number of fused-ring (bicyclic) bond motifs is 5. The third-order valence-corrected chi connectivity index (χ3v) is 8.29. The zero-order valence-corrected chi connectivity index (χ0v) is 14.8. The minimum atomic E-state index is -0.421. The number of rotatable bonds is 2. The molecule has 0 spiro atoms. The fraction of sp³-hybridized carbons (Fsp3) is 0.857. The van der Waals surface area contributed by atoms with Gasteiger partial charge in [0.25, 0.3) is 0 Å². The van der Waals surface area contributed by atoms with Crippen LogP contribution in [0.15, 0.2) is 11.6 Å². The molecule has 6 atom stereocenters. The van der Waals surface area contributed by atoms with Crippen LogP contribution in [0.1, 0.15) is 78.1 Å². The standard InChI is InChI=1S/C21H32O2/c1-3-10-21(23)12-9-19-18-6-4-14-13-15(22)5-7-16(14)17(18)8-11-20(19,21)2/h13,16-19,23H,3-12H2,1-2H3. The van der Waals surface area contributed by atoms with Crippen LogP contribution < -0.4 is 0 Å². The Morgan fingerprint density at radius 2 is 1.96 bits per heavy atom. The second-order valence-corrected chi connectivity index (χ2v) is 9.08. The van der Waals surface area contributed by atoms with Crippen molar-refractivity contribution in [3.63, 3.8) is 0 Å². The predicted octanol–water partition coefficient (Wildman–Crippen LogP) is 4.66. The normalized spacial score (nSPS) is 49.2. The molecule has 0 radical (unpaired) electrons. The van der Waals surface area contributed by atoms with E-state index < -0.39 is 5.60 Å². The maximum absolute atomic E-state index is 11.8. The molecule has 2 heteroatoms.